The van der Waals surface area contributed by atoms with Crippen molar-refractivity contribution in [2.45, 2.75) is 12.1 Å². The first-order chi connectivity index (χ1) is 5.66. The van der Waals surface area contributed by atoms with Crippen molar-refractivity contribution in [2.75, 3.05) is 18.6 Å². The van der Waals surface area contributed by atoms with Gasteiger partial charge in [0.25, 0.3) is 0 Å². The second kappa shape index (κ2) is 3.78. The highest BCUT2D eigenvalue weighted by Crippen LogP contribution is 2.19. The molecule has 0 bridgehead atoms. The first-order valence-corrected chi connectivity index (χ1v) is 4.81. The molecule has 5 heteroatoms. The zero-order valence-corrected chi connectivity index (χ0v) is 7.67. The molecule has 0 radical (unpaired) electrons. The first kappa shape index (κ1) is 9.36. The Hall–Kier alpha value is -0.730. The van der Waals surface area contributed by atoms with Crippen molar-refractivity contribution in [1.29, 1.82) is 5.26 Å². The molecule has 2 N–H and O–H groups in total. The maximum absolute atomic E-state index is 10.9. The van der Waals surface area contributed by atoms with Crippen molar-refractivity contribution >= 4 is 17.7 Å². The topological polar surface area (TPSA) is 70.1 Å². The molecule has 0 aromatic rings. The zero-order valence-electron chi connectivity index (χ0n) is 6.86. The smallest absolute Gasteiger partial charge is 0.235 e. The highest BCUT2D eigenvalue weighted by atomic mass is 32.2. The van der Waals surface area contributed by atoms with E-state index in [0.29, 0.717) is 5.75 Å². The van der Waals surface area contributed by atoms with E-state index in [0.717, 1.165) is 5.75 Å². The average molecular weight is 185 g/mol. The van der Waals surface area contributed by atoms with Crippen LogP contribution in [0.5, 0.6) is 0 Å². The predicted molar refractivity (Wildman–Crippen MR) is 47.5 cm³/mol. The predicted octanol–water partition coefficient (Wildman–Crippen LogP) is -0.589. The van der Waals surface area contributed by atoms with Gasteiger partial charge in [0.15, 0.2) is 0 Å². The van der Waals surface area contributed by atoms with Gasteiger partial charge in [-0.1, -0.05) is 0 Å². The summed E-state index contributed by atoms with van der Waals surface area (Å²) in [7, 11) is 1.77. The number of nitriles is 1. The van der Waals surface area contributed by atoms with E-state index < -0.39 is 0 Å². The van der Waals surface area contributed by atoms with Gasteiger partial charge in [0.1, 0.15) is 6.04 Å². The van der Waals surface area contributed by atoms with Crippen LogP contribution in [0.25, 0.3) is 0 Å². The lowest BCUT2D eigenvalue weighted by Crippen LogP contribution is -2.52. The standard InChI is InChI=1S/C7H11N3OS/c1-10-5(2-8)3-12-4-6(10)7(9)11/h5-6H,3-4H2,1H3,(H2,9,11). The Bertz CT molecular complexity index is 225. The van der Waals surface area contributed by atoms with E-state index in [1.165, 1.54) is 0 Å². The maximum atomic E-state index is 10.9. The minimum atomic E-state index is -0.343. The molecule has 1 saturated heterocycles. The number of rotatable bonds is 1. The number of amides is 1. The molecule has 2 unspecified atom stereocenters. The van der Waals surface area contributed by atoms with Gasteiger partial charge >= 0.3 is 0 Å². The molecule has 0 saturated carbocycles. The van der Waals surface area contributed by atoms with E-state index in [4.69, 9.17) is 11.0 Å². The van der Waals surface area contributed by atoms with Crippen LogP contribution in [0.2, 0.25) is 0 Å². The van der Waals surface area contributed by atoms with Gasteiger partial charge in [0.2, 0.25) is 5.91 Å². The van der Waals surface area contributed by atoms with Crippen LogP contribution in [-0.4, -0.2) is 41.4 Å². The van der Waals surface area contributed by atoms with E-state index >= 15 is 0 Å². The van der Waals surface area contributed by atoms with Gasteiger partial charge < -0.3 is 5.73 Å². The second-order valence-corrected chi connectivity index (χ2v) is 3.84. The van der Waals surface area contributed by atoms with Gasteiger partial charge in [-0.05, 0) is 7.05 Å². The van der Waals surface area contributed by atoms with Crippen LogP contribution in [0.15, 0.2) is 0 Å². The number of hydrogen-bond donors (Lipinski definition) is 1. The summed E-state index contributed by atoms with van der Waals surface area (Å²) in [5.74, 6) is 1.12. The molecular formula is C7H11N3OS. The lowest BCUT2D eigenvalue weighted by Gasteiger charge is -2.33. The van der Waals surface area contributed by atoms with Gasteiger partial charge in [-0.25, -0.2) is 0 Å². The third kappa shape index (κ3) is 1.71. The van der Waals surface area contributed by atoms with Gasteiger partial charge in [0.05, 0.1) is 12.1 Å². The second-order valence-electron chi connectivity index (χ2n) is 2.77. The third-order valence-electron chi connectivity index (χ3n) is 2.01. The van der Waals surface area contributed by atoms with Gasteiger partial charge in [-0.15, -0.1) is 0 Å². The van der Waals surface area contributed by atoms with E-state index in [9.17, 15) is 4.79 Å². The summed E-state index contributed by atoms with van der Waals surface area (Å²) in [5.41, 5.74) is 5.17. The van der Waals surface area contributed by atoms with E-state index in [1.54, 1.807) is 23.7 Å². The fourth-order valence-corrected chi connectivity index (χ4v) is 2.45. The highest BCUT2D eigenvalue weighted by Gasteiger charge is 2.31. The van der Waals surface area contributed by atoms with E-state index in [1.807, 2.05) is 0 Å². The summed E-state index contributed by atoms with van der Waals surface area (Å²) in [6.45, 7) is 0. The molecule has 0 aromatic carbocycles. The number of nitrogens with zero attached hydrogens (tertiary/aromatic N) is 2. The van der Waals surface area contributed by atoms with Crippen LogP contribution >= 0.6 is 11.8 Å². The summed E-state index contributed by atoms with van der Waals surface area (Å²) >= 11 is 1.60. The Morgan fingerprint density at radius 3 is 2.92 bits per heavy atom. The van der Waals surface area contributed by atoms with Gasteiger partial charge in [0, 0.05) is 11.5 Å². The van der Waals surface area contributed by atoms with Crippen molar-refractivity contribution < 1.29 is 4.79 Å². The number of nitrogens with two attached hydrogens (primary N) is 1. The minimum absolute atomic E-state index is 0.179. The number of carbonyl (C=O) groups is 1. The molecule has 1 rings (SSSR count). The van der Waals surface area contributed by atoms with Crippen LogP contribution in [0.3, 0.4) is 0 Å². The van der Waals surface area contributed by atoms with Gasteiger partial charge in [-0.3, -0.25) is 9.69 Å². The summed E-state index contributed by atoms with van der Waals surface area (Å²) in [4.78, 5) is 12.6. The summed E-state index contributed by atoms with van der Waals surface area (Å²) in [6, 6.07) is 1.67. The van der Waals surface area contributed by atoms with Crippen molar-refractivity contribution in [1.82, 2.24) is 4.90 Å². The highest BCUT2D eigenvalue weighted by molar-refractivity contribution is 7.99. The molecule has 0 aromatic heterocycles. The molecule has 1 fully saturated rings. The van der Waals surface area contributed by atoms with Crippen LogP contribution < -0.4 is 5.73 Å². The van der Waals surface area contributed by atoms with Crippen molar-refractivity contribution in [3.63, 3.8) is 0 Å². The molecule has 0 aliphatic carbocycles. The lowest BCUT2D eigenvalue weighted by atomic mass is 10.2. The van der Waals surface area contributed by atoms with Crippen molar-refractivity contribution in [3.05, 3.63) is 0 Å². The molecule has 1 amide bonds. The van der Waals surface area contributed by atoms with Gasteiger partial charge in [-0.2, -0.15) is 17.0 Å². The number of carbonyl (C=O) groups excluding carboxylic acids is 1. The van der Waals surface area contributed by atoms with Crippen molar-refractivity contribution in [3.8, 4) is 6.07 Å². The van der Waals surface area contributed by atoms with Crippen molar-refractivity contribution in [2.24, 2.45) is 5.73 Å². The average Bonchev–Trinajstić information content (AvgIpc) is 2.04. The normalized spacial score (nSPS) is 31.0. The molecule has 12 heavy (non-hydrogen) atoms. The van der Waals surface area contributed by atoms with Crippen LogP contribution in [0.1, 0.15) is 0 Å². The summed E-state index contributed by atoms with van der Waals surface area (Å²) in [5, 5.41) is 8.70. The Balaban J connectivity index is 2.67. The Morgan fingerprint density at radius 2 is 2.42 bits per heavy atom. The molecule has 1 aliphatic heterocycles. The van der Waals surface area contributed by atoms with Crippen LogP contribution in [0, 0.1) is 11.3 Å². The fraction of sp³-hybridized carbons (Fsp3) is 0.714. The number of likely N-dealkylation sites (N-methyl/N-ethyl adjacent to an activating group) is 1. The van der Waals surface area contributed by atoms with Crippen LogP contribution in [-0.2, 0) is 4.79 Å². The molecule has 2 atom stereocenters. The Labute approximate surface area is 75.7 Å². The zero-order chi connectivity index (χ0) is 9.14. The first-order valence-electron chi connectivity index (χ1n) is 3.65. The Kier molecular flexibility index (Phi) is 2.95. The van der Waals surface area contributed by atoms with Crippen LogP contribution in [0.4, 0.5) is 0 Å². The quantitative estimate of drug-likeness (QED) is 0.593. The fourth-order valence-electron chi connectivity index (χ4n) is 1.15. The number of hydrogen-bond acceptors (Lipinski definition) is 4. The molecule has 4 nitrogen and oxygen atoms in total. The largest absolute Gasteiger partial charge is 0.368 e. The van der Waals surface area contributed by atoms with E-state index in [2.05, 4.69) is 6.07 Å². The molecule has 1 heterocycles. The lowest BCUT2D eigenvalue weighted by molar-refractivity contribution is -0.122. The maximum Gasteiger partial charge on any atom is 0.235 e. The number of thioether (sulfide) groups is 1. The number of primary amides is 1. The molecule has 0 spiro atoms. The molecule has 1 aliphatic rings. The Morgan fingerprint density at radius 1 is 1.75 bits per heavy atom. The van der Waals surface area contributed by atoms with E-state index in [-0.39, 0.29) is 18.0 Å². The summed E-state index contributed by atoms with van der Waals surface area (Å²) in [6.07, 6.45) is 0. The minimum Gasteiger partial charge on any atom is -0.368 e. The third-order valence-corrected chi connectivity index (χ3v) is 3.12. The molecular weight excluding hydrogens is 174 g/mol. The molecule has 66 valence electrons. The summed E-state index contributed by atoms with van der Waals surface area (Å²) < 4.78 is 0. The monoisotopic (exact) mass is 185 g/mol. The SMILES string of the molecule is CN1C(C#N)CSCC1C(N)=O.